The Morgan fingerprint density at radius 3 is 1.67 bits per heavy atom. The topological polar surface area (TPSA) is 18.5 Å². The first kappa shape index (κ1) is 22.2. The molecule has 1 fully saturated rings. The van der Waals surface area contributed by atoms with Gasteiger partial charge in [0, 0.05) is 13.2 Å². The lowest BCUT2D eigenvalue weighted by Crippen LogP contribution is -2.41. The van der Waals surface area contributed by atoms with Gasteiger partial charge in [-0.05, 0) is 31.9 Å². The molecule has 2 nitrogen and oxygen atoms in total. The Hall–Kier alpha value is 0.137. The average Bonchev–Trinajstić information content (AvgIpc) is 2.59. The van der Waals surface area contributed by atoms with E-state index in [4.69, 9.17) is 8.85 Å². The summed E-state index contributed by atoms with van der Waals surface area (Å²) in [6.45, 7) is 6.40. The van der Waals surface area contributed by atoms with Crippen LogP contribution in [0, 0.1) is 0 Å². The second-order valence-corrected chi connectivity index (χ2v) is 11.2. The van der Waals surface area contributed by atoms with Crippen LogP contribution < -0.4 is 0 Å². The highest BCUT2D eigenvalue weighted by atomic mass is 28.4. The van der Waals surface area contributed by atoms with E-state index in [1.165, 1.54) is 109 Å². The third kappa shape index (κ3) is 12.5. The minimum atomic E-state index is -1.74. The lowest BCUT2D eigenvalue weighted by atomic mass is 10.0. The monoisotopic (exact) mass is 356 g/mol. The van der Waals surface area contributed by atoms with Crippen molar-refractivity contribution in [1.82, 2.24) is 0 Å². The SMILES string of the molecule is CCCCCCCCCCCCCCCCO[Si]1(C)CCCCO1. The number of hydrogen-bond acceptors (Lipinski definition) is 2. The Bertz CT molecular complexity index is 265. The van der Waals surface area contributed by atoms with Gasteiger partial charge in [0.2, 0.25) is 0 Å². The Morgan fingerprint density at radius 2 is 1.21 bits per heavy atom. The summed E-state index contributed by atoms with van der Waals surface area (Å²) >= 11 is 0. The highest BCUT2D eigenvalue weighted by Crippen LogP contribution is 2.23. The molecule has 1 unspecified atom stereocenters. The number of hydrogen-bond donors (Lipinski definition) is 0. The van der Waals surface area contributed by atoms with Crippen molar-refractivity contribution in [2.24, 2.45) is 0 Å². The zero-order valence-electron chi connectivity index (χ0n) is 16.8. The molecule has 1 rings (SSSR count). The Kier molecular flexibility index (Phi) is 14.2. The summed E-state index contributed by atoms with van der Waals surface area (Å²) in [5, 5.41) is 0. The minimum Gasteiger partial charge on any atom is -0.394 e. The van der Waals surface area contributed by atoms with Gasteiger partial charge in [-0.25, -0.2) is 0 Å². The normalized spacial score (nSPS) is 21.2. The van der Waals surface area contributed by atoms with Crippen LogP contribution in [0.4, 0.5) is 0 Å². The van der Waals surface area contributed by atoms with Crippen LogP contribution in [0.25, 0.3) is 0 Å². The molecule has 0 aromatic heterocycles. The zero-order chi connectivity index (χ0) is 17.3. The van der Waals surface area contributed by atoms with Gasteiger partial charge in [0.25, 0.3) is 0 Å². The fraction of sp³-hybridized carbons (Fsp3) is 1.00. The van der Waals surface area contributed by atoms with Crippen LogP contribution in [0.3, 0.4) is 0 Å². The van der Waals surface area contributed by atoms with Crippen molar-refractivity contribution in [2.75, 3.05) is 13.2 Å². The van der Waals surface area contributed by atoms with Crippen molar-refractivity contribution in [2.45, 2.75) is 122 Å². The van der Waals surface area contributed by atoms with E-state index >= 15 is 0 Å². The van der Waals surface area contributed by atoms with E-state index in [9.17, 15) is 0 Å². The molecular formula is C21H44O2Si. The highest BCUT2D eigenvalue weighted by Gasteiger charge is 2.33. The standard InChI is InChI=1S/C21H44O2Si/c1-3-4-5-6-7-8-9-10-11-12-13-14-15-16-19-22-24(2)21-18-17-20-23-24/h3-21H2,1-2H3. The second kappa shape index (κ2) is 15.4. The molecule has 0 spiro atoms. The second-order valence-electron chi connectivity index (χ2n) is 7.88. The molecule has 0 aliphatic carbocycles. The molecule has 0 saturated carbocycles. The lowest BCUT2D eigenvalue weighted by Gasteiger charge is -2.30. The quantitative estimate of drug-likeness (QED) is 0.212. The predicted octanol–water partition coefficient (Wildman–Crippen LogP) is 7.37. The van der Waals surface area contributed by atoms with E-state index in [0.29, 0.717) is 0 Å². The molecule has 1 atom stereocenters. The van der Waals surface area contributed by atoms with Gasteiger partial charge in [0.1, 0.15) is 0 Å². The maximum Gasteiger partial charge on any atom is 0.334 e. The molecule has 0 radical (unpaired) electrons. The Balaban J connectivity index is 1.73. The van der Waals surface area contributed by atoms with E-state index in [1.54, 1.807) is 0 Å². The molecule has 0 aromatic rings. The van der Waals surface area contributed by atoms with Crippen molar-refractivity contribution in [1.29, 1.82) is 0 Å². The summed E-state index contributed by atoms with van der Waals surface area (Å²) in [6, 6.07) is 1.20. The van der Waals surface area contributed by atoms with E-state index < -0.39 is 8.56 Å². The maximum atomic E-state index is 6.09. The molecule has 24 heavy (non-hydrogen) atoms. The molecular weight excluding hydrogens is 312 g/mol. The number of rotatable bonds is 16. The van der Waals surface area contributed by atoms with Gasteiger partial charge < -0.3 is 8.85 Å². The number of unbranched alkanes of at least 4 members (excludes halogenated alkanes) is 13. The van der Waals surface area contributed by atoms with Crippen LogP contribution >= 0.6 is 0 Å². The summed E-state index contributed by atoms with van der Waals surface area (Å²) in [5.74, 6) is 0. The van der Waals surface area contributed by atoms with Gasteiger partial charge in [-0.2, -0.15) is 0 Å². The van der Waals surface area contributed by atoms with Crippen molar-refractivity contribution in [3.05, 3.63) is 0 Å². The third-order valence-electron chi connectivity index (χ3n) is 5.34. The molecule has 0 N–H and O–H groups in total. The van der Waals surface area contributed by atoms with E-state index in [0.717, 1.165) is 13.2 Å². The molecule has 1 aliphatic rings. The Morgan fingerprint density at radius 1 is 0.708 bits per heavy atom. The van der Waals surface area contributed by atoms with Gasteiger partial charge in [0.05, 0.1) is 0 Å². The molecule has 144 valence electrons. The smallest absolute Gasteiger partial charge is 0.334 e. The van der Waals surface area contributed by atoms with Crippen LogP contribution in [-0.2, 0) is 8.85 Å². The van der Waals surface area contributed by atoms with E-state index in [-0.39, 0.29) is 0 Å². The first-order valence-corrected chi connectivity index (χ1v) is 13.6. The summed E-state index contributed by atoms with van der Waals surface area (Å²) in [4.78, 5) is 0. The van der Waals surface area contributed by atoms with Gasteiger partial charge in [-0.3, -0.25) is 0 Å². The summed E-state index contributed by atoms with van der Waals surface area (Å²) < 4.78 is 12.0. The van der Waals surface area contributed by atoms with E-state index in [1.807, 2.05) is 0 Å². The van der Waals surface area contributed by atoms with Crippen LogP contribution in [0.2, 0.25) is 12.6 Å². The van der Waals surface area contributed by atoms with Crippen molar-refractivity contribution >= 4 is 8.56 Å². The molecule has 3 heteroatoms. The molecule has 0 aromatic carbocycles. The molecule has 0 amide bonds. The van der Waals surface area contributed by atoms with Gasteiger partial charge >= 0.3 is 8.56 Å². The molecule has 0 bridgehead atoms. The average molecular weight is 357 g/mol. The highest BCUT2D eigenvalue weighted by molar-refractivity contribution is 6.66. The molecule has 1 saturated heterocycles. The lowest BCUT2D eigenvalue weighted by molar-refractivity contribution is 0.152. The summed E-state index contributed by atoms with van der Waals surface area (Å²) in [7, 11) is -1.74. The van der Waals surface area contributed by atoms with Crippen LogP contribution in [0.5, 0.6) is 0 Å². The first-order chi connectivity index (χ1) is 11.8. The molecule has 1 heterocycles. The van der Waals surface area contributed by atoms with Crippen molar-refractivity contribution < 1.29 is 8.85 Å². The van der Waals surface area contributed by atoms with Crippen LogP contribution in [0.1, 0.15) is 110 Å². The van der Waals surface area contributed by atoms with Gasteiger partial charge in [-0.15, -0.1) is 0 Å². The zero-order valence-corrected chi connectivity index (χ0v) is 17.8. The summed E-state index contributed by atoms with van der Waals surface area (Å²) in [6.07, 6.45) is 22.3. The van der Waals surface area contributed by atoms with Gasteiger partial charge in [0.15, 0.2) is 0 Å². The fourth-order valence-corrected chi connectivity index (χ4v) is 6.02. The summed E-state index contributed by atoms with van der Waals surface area (Å²) in [5.41, 5.74) is 0. The van der Waals surface area contributed by atoms with E-state index in [2.05, 4.69) is 13.5 Å². The first-order valence-electron chi connectivity index (χ1n) is 11.0. The van der Waals surface area contributed by atoms with Crippen LogP contribution in [0.15, 0.2) is 0 Å². The minimum absolute atomic E-state index is 0.931. The largest absolute Gasteiger partial charge is 0.394 e. The van der Waals surface area contributed by atoms with Crippen molar-refractivity contribution in [3.8, 4) is 0 Å². The Labute approximate surface area is 153 Å². The predicted molar refractivity (Wildman–Crippen MR) is 108 cm³/mol. The maximum absolute atomic E-state index is 6.09. The van der Waals surface area contributed by atoms with Crippen LogP contribution in [-0.4, -0.2) is 21.8 Å². The van der Waals surface area contributed by atoms with Crippen molar-refractivity contribution in [3.63, 3.8) is 0 Å². The fourth-order valence-electron chi connectivity index (χ4n) is 3.61. The van der Waals surface area contributed by atoms with Gasteiger partial charge in [-0.1, -0.05) is 90.4 Å². The molecule has 1 aliphatic heterocycles. The third-order valence-corrected chi connectivity index (χ3v) is 8.23.